The summed E-state index contributed by atoms with van der Waals surface area (Å²) >= 11 is 1.28. The number of carbonyl (C=O) groups is 2. The minimum absolute atomic E-state index is 0.157. The van der Waals surface area contributed by atoms with E-state index < -0.39 is 26.4 Å². The molecule has 0 fully saturated rings. The number of thiazole rings is 1. The number of hydrogen-bond acceptors (Lipinski definition) is 5. The van der Waals surface area contributed by atoms with Crippen molar-refractivity contribution < 1.29 is 19.1 Å². The topological polar surface area (TPSA) is 88.5 Å². The Balaban J connectivity index is 1.90. The number of carbonyl (C=O) groups excluding carboxylic acids is 1. The lowest BCUT2D eigenvalue weighted by Gasteiger charge is -2.42. The third kappa shape index (κ3) is 5.89. The highest BCUT2D eigenvalue weighted by molar-refractivity contribution is 7.11. The van der Waals surface area contributed by atoms with Crippen LogP contribution in [0.5, 0.6) is 0 Å². The van der Waals surface area contributed by atoms with Gasteiger partial charge in [0.05, 0.1) is 12.3 Å². The number of amides is 1. The second-order valence-electron chi connectivity index (χ2n) is 9.71. The molecule has 0 aliphatic heterocycles. The van der Waals surface area contributed by atoms with Gasteiger partial charge in [-0.05, 0) is 21.8 Å². The Labute approximate surface area is 212 Å². The van der Waals surface area contributed by atoms with E-state index in [0.717, 1.165) is 0 Å². The van der Waals surface area contributed by atoms with Gasteiger partial charge in [-0.2, -0.15) is 0 Å². The van der Waals surface area contributed by atoms with Crippen molar-refractivity contribution in [1.29, 1.82) is 0 Å². The van der Waals surface area contributed by atoms with E-state index in [-0.39, 0.29) is 17.4 Å². The largest absolute Gasteiger partial charge is 0.465 e. The normalized spacial score (nSPS) is 13.7. The summed E-state index contributed by atoms with van der Waals surface area (Å²) < 4.78 is 6.91. The van der Waals surface area contributed by atoms with Crippen molar-refractivity contribution in [2.45, 2.75) is 58.7 Å². The Morgan fingerprint density at radius 2 is 1.60 bits per heavy atom. The van der Waals surface area contributed by atoms with E-state index in [1.165, 1.54) is 21.7 Å². The first-order chi connectivity index (χ1) is 16.6. The monoisotopic (exact) mass is 510 g/mol. The lowest BCUT2D eigenvalue weighted by molar-refractivity contribution is 0.0899. The third-order valence-corrected chi connectivity index (χ3v) is 12.3. The molecule has 6 nitrogen and oxygen atoms in total. The molecule has 0 aliphatic carbocycles. The van der Waals surface area contributed by atoms with Crippen LogP contribution in [0.4, 0.5) is 4.79 Å². The number of ketones is 1. The molecule has 2 aromatic carbocycles. The molecular formula is C27H34N2O4SSi. The number of hydrogen-bond donors (Lipinski definition) is 2. The summed E-state index contributed by atoms with van der Waals surface area (Å²) in [5.41, 5.74) is 0.706. The molecule has 3 aromatic rings. The van der Waals surface area contributed by atoms with Crippen molar-refractivity contribution in [3.05, 3.63) is 76.7 Å². The molecule has 35 heavy (non-hydrogen) atoms. The van der Waals surface area contributed by atoms with E-state index in [0.29, 0.717) is 17.1 Å². The van der Waals surface area contributed by atoms with Crippen molar-refractivity contribution in [1.82, 2.24) is 10.3 Å². The van der Waals surface area contributed by atoms with Gasteiger partial charge in [-0.1, -0.05) is 95.3 Å². The Kier molecular flexibility index (Phi) is 8.64. The summed E-state index contributed by atoms with van der Waals surface area (Å²) in [6.45, 7) is 10.5. The number of rotatable bonds is 10. The van der Waals surface area contributed by atoms with Crippen LogP contribution in [0.3, 0.4) is 0 Å². The van der Waals surface area contributed by atoms with E-state index in [2.05, 4.69) is 55.3 Å². The predicted octanol–water partition coefficient (Wildman–Crippen LogP) is 5.08. The summed E-state index contributed by atoms with van der Waals surface area (Å²) in [4.78, 5) is 28.7. The first kappa shape index (κ1) is 26.8. The van der Waals surface area contributed by atoms with Gasteiger partial charge in [-0.3, -0.25) is 4.79 Å². The number of nitrogens with one attached hydrogen (secondary N) is 1. The van der Waals surface area contributed by atoms with Crippen LogP contribution in [0.25, 0.3) is 0 Å². The van der Waals surface area contributed by atoms with Crippen molar-refractivity contribution in [2.24, 2.45) is 5.92 Å². The van der Waals surface area contributed by atoms with Gasteiger partial charge in [0.15, 0.2) is 10.8 Å². The van der Waals surface area contributed by atoms with E-state index in [1.807, 2.05) is 48.7 Å². The molecule has 0 saturated carbocycles. The maximum Gasteiger partial charge on any atom is 0.404 e. The zero-order valence-electron chi connectivity index (χ0n) is 20.9. The van der Waals surface area contributed by atoms with Gasteiger partial charge in [0.25, 0.3) is 8.32 Å². The minimum Gasteiger partial charge on any atom is -0.465 e. The molecule has 0 radical (unpaired) electrons. The van der Waals surface area contributed by atoms with Crippen LogP contribution in [0, 0.1) is 5.92 Å². The van der Waals surface area contributed by atoms with Crippen molar-refractivity contribution in [3.8, 4) is 0 Å². The Hall–Kier alpha value is -2.81. The molecule has 8 heteroatoms. The molecule has 1 aromatic heterocycles. The van der Waals surface area contributed by atoms with Crippen LogP contribution in [0.1, 0.15) is 56.5 Å². The smallest absolute Gasteiger partial charge is 0.404 e. The molecule has 3 rings (SSSR count). The number of benzene rings is 2. The SMILES string of the molecule is CCC(NC(=O)O)C(C)C(=O)c1nc(CO[Si](c2ccccc2)(c2ccccc2)C(C)(C)C)cs1. The van der Waals surface area contributed by atoms with Crippen LogP contribution >= 0.6 is 11.3 Å². The molecule has 2 N–H and O–H groups in total. The van der Waals surface area contributed by atoms with Gasteiger partial charge in [-0.15, -0.1) is 11.3 Å². The molecule has 1 amide bonds. The maximum atomic E-state index is 13.0. The van der Waals surface area contributed by atoms with Crippen LogP contribution < -0.4 is 15.7 Å². The second kappa shape index (κ2) is 11.3. The van der Waals surface area contributed by atoms with E-state index in [9.17, 15) is 9.59 Å². The molecular weight excluding hydrogens is 476 g/mol. The highest BCUT2D eigenvalue weighted by Crippen LogP contribution is 2.37. The second-order valence-corrected chi connectivity index (χ2v) is 14.9. The summed E-state index contributed by atoms with van der Waals surface area (Å²) in [6.07, 6.45) is -0.607. The molecule has 0 spiro atoms. The van der Waals surface area contributed by atoms with Crippen molar-refractivity contribution in [2.75, 3.05) is 0 Å². The molecule has 2 unspecified atom stereocenters. The van der Waals surface area contributed by atoms with Crippen LogP contribution in [0.15, 0.2) is 66.0 Å². The molecule has 0 aliphatic rings. The first-order valence-electron chi connectivity index (χ1n) is 11.8. The van der Waals surface area contributed by atoms with Crippen molar-refractivity contribution >= 4 is 41.9 Å². The zero-order valence-corrected chi connectivity index (χ0v) is 22.8. The molecule has 0 saturated heterocycles. The van der Waals surface area contributed by atoms with Gasteiger partial charge in [0.2, 0.25) is 0 Å². The fourth-order valence-electron chi connectivity index (χ4n) is 4.55. The Morgan fingerprint density at radius 3 is 2.06 bits per heavy atom. The van der Waals surface area contributed by atoms with Gasteiger partial charge in [0, 0.05) is 17.3 Å². The van der Waals surface area contributed by atoms with Gasteiger partial charge in [-0.25, -0.2) is 9.78 Å². The predicted molar refractivity (Wildman–Crippen MR) is 143 cm³/mol. The fourth-order valence-corrected chi connectivity index (χ4v) is 9.91. The van der Waals surface area contributed by atoms with Crippen molar-refractivity contribution in [3.63, 3.8) is 0 Å². The summed E-state index contributed by atoms with van der Waals surface area (Å²) in [6, 6.07) is 20.3. The minimum atomic E-state index is -2.71. The summed E-state index contributed by atoms with van der Waals surface area (Å²) in [5, 5.41) is 16.0. The molecule has 1 heterocycles. The molecule has 0 bridgehead atoms. The zero-order chi connectivity index (χ0) is 25.6. The van der Waals surface area contributed by atoms with E-state index in [4.69, 9.17) is 9.53 Å². The number of carboxylic acid groups (broad SMARTS) is 1. The molecule has 186 valence electrons. The van der Waals surface area contributed by atoms with E-state index >= 15 is 0 Å². The van der Waals surface area contributed by atoms with Crippen LogP contribution in [-0.2, 0) is 11.0 Å². The van der Waals surface area contributed by atoms with Gasteiger partial charge in [0.1, 0.15) is 0 Å². The number of Topliss-reactive ketones (excluding diaryl/α,β-unsaturated/α-hetero) is 1. The van der Waals surface area contributed by atoms with Gasteiger partial charge >= 0.3 is 6.09 Å². The van der Waals surface area contributed by atoms with E-state index in [1.54, 1.807) is 6.92 Å². The average Bonchev–Trinajstić information content (AvgIpc) is 3.31. The third-order valence-electron chi connectivity index (χ3n) is 6.38. The lowest BCUT2D eigenvalue weighted by atomic mass is 9.95. The maximum absolute atomic E-state index is 13.0. The fraction of sp³-hybridized carbons (Fsp3) is 0.370. The highest BCUT2D eigenvalue weighted by atomic mass is 32.1. The summed E-state index contributed by atoms with van der Waals surface area (Å²) in [5.74, 6) is -0.667. The number of aromatic nitrogens is 1. The highest BCUT2D eigenvalue weighted by Gasteiger charge is 2.50. The first-order valence-corrected chi connectivity index (χ1v) is 14.6. The van der Waals surface area contributed by atoms with Crippen LogP contribution in [-0.4, -0.2) is 36.3 Å². The Morgan fingerprint density at radius 1 is 1.06 bits per heavy atom. The average molecular weight is 511 g/mol. The Bertz CT molecular complexity index is 1090. The number of nitrogens with zero attached hydrogens (tertiary/aromatic N) is 1. The van der Waals surface area contributed by atoms with Crippen LogP contribution in [0.2, 0.25) is 5.04 Å². The summed E-state index contributed by atoms with van der Waals surface area (Å²) in [7, 11) is -2.71. The lowest BCUT2D eigenvalue weighted by Crippen LogP contribution is -2.66. The standard InChI is InChI=1S/C27H34N2O4SSi/c1-6-23(29-26(31)32)19(2)24(30)25-28-20(18-34-25)17-33-35(27(3,4)5,21-13-9-7-10-14-21)22-15-11-8-12-16-22/h7-16,18-19,23,29H,6,17H2,1-5H3,(H,31,32). The van der Waals surface area contributed by atoms with Gasteiger partial charge < -0.3 is 14.8 Å². The quantitative estimate of drug-likeness (QED) is 0.293. The molecule has 2 atom stereocenters.